The molecule has 0 saturated carbocycles. The van der Waals surface area contributed by atoms with Gasteiger partial charge in [0.2, 0.25) is 0 Å². The highest BCUT2D eigenvalue weighted by Gasteiger charge is 2.48. The summed E-state index contributed by atoms with van der Waals surface area (Å²) in [6, 6.07) is 15.2. The zero-order valence-corrected chi connectivity index (χ0v) is 47.7. The van der Waals surface area contributed by atoms with E-state index in [1.807, 2.05) is 132 Å². The normalized spacial score (nSPS) is 15.6. The van der Waals surface area contributed by atoms with Crippen molar-refractivity contribution in [1.82, 2.24) is 9.44 Å². The zero-order chi connectivity index (χ0) is 58.2. The molecule has 0 unspecified atom stereocenters. The number of carbonyl (C=O) groups is 2. The lowest BCUT2D eigenvalue weighted by molar-refractivity contribution is -0.122. The smallest absolute Gasteiger partial charge is 0.491 e. The van der Waals surface area contributed by atoms with Crippen LogP contribution in [0.5, 0.6) is 23.0 Å². The quantitative estimate of drug-likeness (QED) is 0.141. The molecule has 1 aliphatic carbocycles. The van der Waals surface area contributed by atoms with Crippen molar-refractivity contribution in [2.24, 2.45) is 0 Å². The third kappa shape index (κ3) is 15.2. The fraction of sp³-hybridized carbons (Fsp3) is 0.536. The van der Waals surface area contributed by atoms with Crippen LogP contribution in [0.1, 0.15) is 150 Å². The lowest BCUT2D eigenvalue weighted by Gasteiger charge is -2.29. The van der Waals surface area contributed by atoms with Gasteiger partial charge in [0, 0.05) is 25.7 Å². The lowest BCUT2D eigenvalue weighted by atomic mass is 9.79. The molecular weight excluding hydrogens is 1070 g/mol. The van der Waals surface area contributed by atoms with Crippen LogP contribution in [0, 0.1) is 0 Å². The molecule has 0 spiro atoms. The number of hydrogen-bond donors (Lipinski definition) is 2. The Morgan fingerprint density at radius 2 is 0.654 bits per heavy atom. The summed E-state index contributed by atoms with van der Waals surface area (Å²) >= 11 is 0. The molecule has 2 amide bonds. The molecular formula is C56H70F6N2O12S2. The minimum atomic E-state index is -6.11. The second kappa shape index (κ2) is 22.9. The number of fused-ring (bicyclic) bond motifs is 2. The number of halogens is 6. The number of sulfonamides is 2. The van der Waals surface area contributed by atoms with Crippen LogP contribution in [0.4, 0.5) is 26.3 Å². The molecule has 0 atom stereocenters. The van der Waals surface area contributed by atoms with Crippen molar-refractivity contribution in [3.63, 3.8) is 0 Å². The molecule has 0 fully saturated rings. The second-order valence-corrected chi connectivity index (χ2v) is 27.0. The molecule has 0 saturated heterocycles. The molecule has 1 heterocycles. The average molecular weight is 1140 g/mol. The van der Waals surface area contributed by atoms with Gasteiger partial charge < -0.3 is 28.4 Å². The van der Waals surface area contributed by atoms with E-state index in [1.165, 1.54) is 0 Å². The second-order valence-electron chi connectivity index (χ2n) is 23.6. The third-order valence-electron chi connectivity index (χ3n) is 13.1. The number of ether oxygens (including phenoxy) is 6. The van der Waals surface area contributed by atoms with Gasteiger partial charge >= 0.3 is 31.1 Å². The summed E-state index contributed by atoms with van der Waals surface area (Å²) in [5.41, 5.74) is -6.45. The summed E-state index contributed by atoms with van der Waals surface area (Å²) in [5.74, 6) is -2.27. The number of alkyl halides is 6. The summed E-state index contributed by atoms with van der Waals surface area (Å²) < 4.78 is 170. The number of nitrogens with one attached hydrogen (secondary N) is 2. The van der Waals surface area contributed by atoms with Crippen molar-refractivity contribution in [2.45, 2.75) is 141 Å². The maximum atomic E-state index is 13.6. The van der Waals surface area contributed by atoms with E-state index in [9.17, 15) is 52.8 Å². The summed E-state index contributed by atoms with van der Waals surface area (Å²) in [7, 11) is -12.2. The SMILES string of the molecule is CC(C)(C)c1cc2c3c(c1)Cc1cc(C(C)(C)C)cc(c1OCC(=O)NS(=O)(=O)C(F)(F)F)Cc1cc(C(C)(C)C)cc(c1OCCOCCOCCO3)Cc1cc(C(C)(C)C)cc(c1OCC(=O)NS(=O)(=O)C(F)(F)F)C2. The molecule has 1 aliphatic heterocycles. The van der Waals surface area contributed by atoms with Crippen molar-refractivity contribution in [1.29, 1.82) is 0 Å². The van der Waals surface area contributed by atoms with E-state index in [1.54, 1.807) is 0 Å². The Morgan fingerprint density at radius 3 is 0.885 bits per heavy atom. The molecule has 0 aromatic heterocycles. The van der Waals surface area contributed by atoms with Gasteiger partial charge in [-0.2, -0.15) is 43.2 Å². The molecule has 10 bridgehead atoms. The van der Waals surface area contributed by atoms with Gasteiger partial charge in [0.25, 0.3) is 11.8 Å². The van der Waals surface area contributed by atoms with Crippen LogP contribution >= 0.6 is 0 Å². The maximum absolute atomic E-state index is 13.6. The number of amides is 2. The molecule has 4 aromatic rings. The van der Waals surface area contributed by atoms with E-state index in [2.05, 4.69) is 0 Å². The molecule has 78 heavy (non-hydrogen) atoms. The molecule has 2 N–H and O–H groups in total. The van der Waals surface area contributed by atoms with Crippen LogP contribution in [-0.4, -0.2) is 92.5 Å². The van der Waals surface area contributed by atoms with Gasteiger partial charge in [-0.05, 0) is 88.4 Å². The van der Waals surface area contributed by atoms with Gasteiger partial charge in [0.05, 0.1) is 26.4 Å². The van der Waals surface area contributed by atoms with Gasteiger partial charge in [-0.3, -0.25) is 9.59 Å². The topological polar surface area (TPSA) is 182 Å². The van der Waals surface area contributed by atoms with E-state index in [4.69, 9.17) is 28.4 Å². The van der Waals surface area contributed by atoms with E-state index >= 15 is 0 Å². The fourth-order valence-corrected chi connectivity index (χ4v) is 9.79. The van der Waals surface area contributed by atoms with E-state index in [0.717, 1.165) is 31.7 Å². The summed E-state index contributed by atoms with van der Waals surface area (Å²) in [6.07, 6.45) is -0.0127. The Balaban J connectivity index is 1.78. The Bertz CT molecular complexity index is 2820. The van der Waals surface area contributed by atoms with Crippen molar-refractivity contribution in [2.75, 3.05) is 52.9 Å². The highest BCUT2D eigenvalue weighted by atomic mass is 32.2. The van der Waals surface area contributed by atoms with E-state index in [0.29, 0.717) is 56.0 Å². The van der Waals surface area contributed by atoms with Crippen LogP contribution in [0.15, 0.2) is 48.5 Å². The van der Waals surface area contributed by atoms with Gasteiger partial charge in [-0.25, -0.2) is 9.44 Å². The first kappa shape index (κ1) is 61.6. The van der Waals surface area contributed by atoms with Crippen LogP contribution in [-0.2, 0) is 86.5 Å². The fourth-order valence-electron chi connectivity index (χ4n) is 8.84. The molecule has 22 heteroatoms. The summed E-state index contributed by atoms with van der Waals surface area (Å²) in [6.45, 7) is 22.3. The standard InChI is InChI=1S/C56H70F6N2O12S2/c1-51(2,3)41-23-33-19-37-27-43(53(7,8)9)29-39(49(37)75-31-45(65)63-77(67,68)55(57,58)59)21-35-25-42(52(4,5)6)26-36-22-40-30-44(54(10,11)12)28-38(50(40)76-32-46(66)64-78(69,70)56(60,61)62)20-34(24-41)47(33)73-17-15-71-13-14-72-16-18-74-48(35)36/h23-30H,13-22,31-32H2,1-12H3,(H,63,65)(H,64,66). The first-order valence-electron chi connectivity index (χ1n) is 25.3. The van der Waals surface area contributed by atoms with E-state index in [-0.39, 0.29) is 76.8 Å². The van der Waals surface area contributed by atoms with Crippen molar-refractivity contribution in [3.8, 4) is 23.0 Å². The van der Waals surface area contributed by atoms with Gasteiger partial charge in [0.15, 0.2) is 13.2 Å². The molecule has 0 radical (unpaired) electrons. The Morgan fingerprint density at radius 1 is 0.423 bits per heavy atom. The van der Waals surface area contributed by atoms with Crippen molar-refractivity contribution in [3.05, 3.63) is 115 Å². The predicted molar refractivity (Wildman–Crippen MR) is 282 cm³/mol. The Labute approximate surface area is 453 Å². The first-order valence-corrected chi connectivity index (χ1v) is 28.3. The van der Waals surface area contributed by atoms with Crippen LogP contribution in [0.2, 0.25) is 0 Å². The highest BCUT2D eigenvalue weighted by molar-refractivity contribution is 7.91. The van der Waals surface area contributed by atoms with Crippen molar-refractivity contribution >= 4 is 31.9 Å². The third-order valence-corrected chi connectivity index (χ3v) is 15.3. The molecule has 4 aromatic carbocycles. The molecule has 2 aliphatic rings. The number of rotatable bonds is 8. The van der Waals surface area contributed by atoms with Crippen LogP contribution in [0.25, 0.3) is 0 Å². The largest absolute Gasteiger partial charge is 0.516 e. The Kier molecular flexibility index (Phi) is 18.1. The number of benzene rings is 4. The zero-order valence-electron chi connectivity index (χ0n) is 46.1. The predicted octanol–water partition coefficient (Wildman–Crippen LogP) is 10.0. The first-order chi connectivity index (χ1) is 35.7. The number of carbonyl (C=O) groups excluding carboxylic acids is 2. The summed E-state index contributed by atoms with van der Waals surface area (Å²) in [4.78, 5) is 26.5. The number of hydrogen-bond acceptors (Lipinski definition) is 12. The van der Waals surface area contributed by atoms with Gasteiger partial charge in [-0.1, -0.05) is 132 Å². The summed E-state index contributed by atoms with van der Waals surface area (Å²) in [5, 5.41) is 0. The Hall–Kier alpha value is -5.58. The van der Waals surface area contributed by atoms with Gasteiger partial charge in [-0.15, -0.1) is 0 Å². The lowest BCUT2D eigenvalue weighted by Crippen LogP contribution is -2.42. The highest BCUT2D eigenvalue weighted by Crippen LogP contribution is 2.45. The monoisotopic (exact) mass is 1140 g/mol. The van der Waals surface area contributed by atoms with Crippen LogP contribution in [0.3, 0.4) is 0 Å². The molecule has 14 nitrogen and oxygen atoms in total. The average Bonchev–Trinajstić information content (AvgIpc) is 3.27. The molecule has 6 rings (SSSR count). The molecule has 430 valence electrons. The maximum Gasteiger partial charge on any atom is 0.516 e. The van der Waals surface area contributed by atoms with Crippen molar-refractivity contribution < 1.29 is 81.2 Å². The minimum absolute atomic E-state index is 0.000191. The van der Waals surface area contributed by atoms with Gasteiger partial charge in [0.1, 0.15) is 36.2 Å². The van der Waals surface area contributed by atoms with Crippen LogP contribution < -0.4 is 28.4 Å². The minimum Gasteiger partial charge on any atom is -0.491 e. The van der Waals surface area contributed by atoms with E-state index < -0.39 is 77.8 Å².